The number of piperazine rings is 1. The summed E-state index contributed by atoms with van der Waals surface area (Å²) in [5.74, 6) is -0.388. The van der Waals surface area contributed by atoms with Crippen molar-refractivity contribution in [3.63, 3.8) is 0 Å². The van der Waals surface area contributed by atoms with Crippen molar-refractivity contribution in [3.8, 4) is 5.88 Å². The van der Waals surface area contributed by atoms with Crippen LogP contribution in [0.25, 0.3) is 0 Å². The number of rotatable bonds is 5. The predicted octanol–water partition coefficient (Wildman–Crippen LogP) is 0.0574. The average molecular weight is 321 g/mol. The van der Waals surface area contributed by atoms with Crippen molar-refractivity contribution in [3.05, 3.63) is 11.9 Å². The lowest BCUT2D eigenvalue weighted by molar-refractivity contribution is 0.0682. The van der Waals surface area contributed by atoms with Crippen LogP contribution in [0, 0.1) is 0 Å². The molecule has 3 rings (SSSR count). The first-order valence-corrected chi connectivity index (χ1v) is 8.04. The first kappa shape index (κ1) is 15.9. The Hall–Kier alpha value is -1.93. The SMILES string of the molecule is CN1CCN(c2cc(OC[C@@H]3CCCN3)nc(C(=O)O)n2)CC1. The van der Waals surface area contributed by atoms with E-state index in [-0.39, 0.29) is 5.82 Å². The van der Waals surface area contributed by atoms with Gasteiger partial charge in [0.15, 0.2) is 0 Å². The van der Waals surface area contributed by atoms with E-state index in [1.807, 2.05) is 0 Å². The number of carboxylic acids is 1. The molecule has 2 saturated heterocycles. The zero-order chi connectivity index (χ0) is 16.2. The van der Waals surface area contributed by atoms with Gasteiger partial charge in [-0.1, -0.05) is 0 Å². The number of nitrogens with zero attached hydrogens (tertiary/aromatic N) is 4. The Labute approximate surface area is 135 Å². The number of carboxylic acid groups (broad SMARTS) is 1. The van der Waals surface area contributed by atoms with E-state index >= 15 is 0 Å². The Morgan fingerprint density at radius 1 is 1.39 bits per heavy atom. The number of ether oxygens (including phenoxy) is 1. The summed E-state index contributed by atoms with van der Waals surface area (Å²) in [5.41, 5.74) is 0. The number of likely N-dealkylation sites (N-methyl/N-ethyl adjacent to an activating group) is 1. The molecule has 0 unspecified atom stereocenters. The van der Waals surface area contributed by atoms with Crippen molar-refractivity contribution in [1.29, 1.82) is 0 Å². The third kappa shape index (κ3) is 4.08. The van der Waals surface area contributed by atoms with E-state index in [0.717, 1.165) is 45.6 Å². The highest BCUT2D eigenvalue weighted by Crippen LogP contribution is 2.20. The second-order valence-corrected chi connectivity index (χ2v) is 6.09. The van der Waals surface area contributed by atoms with Crippen molar-refractivity contribution < 1.29 is 14.6 Å². The van der Waals surface area contributed by atoms with E-state index in [1.54, 1.807) is 6.07 Å². The van der Waals surface area contributed by atoms with Gasteiger partial charge in [0.25, 0.3) is 0 Å². The van der Waals surface area contributed by atoms with Crippen LogP contribution in [-0.2, 0) is 0 Å². The largest absolute Gasteiger partial charge is 0.476 e. The monoisotopic (exact) mass is 321 g/mol. The number of aromatic carboxylic acids is 1. The topological polar surface area (TPSA) is 90.8 Å². The van der Waals surface area contributed by atoms with E-state index in [0.29, 0.717) is 24.3 Å². The van der Waals surface area contributed by atoms with Crippen LogP contribution in [0.4, 0.5) is 5.82 Å². The number of anilines is 1. The van der Waals surface area contributed by atoms with Gasteiger partial charge in [0.2, 0.25) is 11.7 Å². The summed E-state index contributed by atoms with van der Waals surface area (Å²) >= 11 is 0. The summed E-state index contributed by atoms with van der Waals surface area (Å²) in [6.07, 6.45) is 2.22. The molecule has 0 saturated carbocycles. The van der Waals surface area contributed by atoms with Crippen molar-refractivity contribution in [2.45, 2.75) is 18.9 Å². The van der Waals surface area contributed by atoms with Gasteiger partial charge >= 0.3 is 5.97 Å². The summed E-state index contributed by atoms with van der Waals surface area (Å²) in [6.45, 7) is 4.98. The van der Waals surface area contributed by atoms with Crippen molar-refractivity contribution in [2.24, 2.45) is 0 Å². The summed E-state index contributed by atoms with van der Waals surface area (Å²) < 4.78 is 5.72. The smallest absolute Gasteiger partial charge is 0.374 e. The molecular formula is C15H23N5O3. The van der Waals surface area contributed by atoms with E-state index in [2.05, 4.69) is 32.1 Å². The highest BCUT2D eigenvalue weighted by Gasteiger charge is 2.20. The summed E-state index contributed by atoms with van der Waals surface area (Å²) in [5, 5.41) is 12.6. The van der Waals surface area contributed by atoms with Crippen LogP contribution in [0.1, 0.15) is 23.5 Å². The molecule has 8 heteroatoms. The number of hydrogen-bond donors (Lipinski definition) is 2. The molecule has 3 heterocycles. The van der Waals surface area contributed by atoms with Gasteiger partial charge in [-0.05, 0) is 26.4 Å². The van der Waals surface area contributed by atoms with Crippen LogP contribution >= 0.6 is 0 Å². The minimum absolute atomic E-state index is 0.212. The lowest BCUT2D eigenvalue weighted by Gasteiger charge is -2.33. The molecule has 0 bridgehead atoms. The number of nitrogens with one attached hydrogen (secondary N) is 1. The normalized spacial score (nSPS) is 22.3. The van der Waals surface area contributed by atoms with Crippen LogP contribution < -0.4 is 15.0 Å². The highest BCUT2D eigenvalue weighted by atomic mass is 16.5. The fourth-order valence-corrected chi connectivity index (χ4v) is 2.86. The molecule has 126 valence electrons. The minimum atomic E-state index is -1.13. The van der Waals surface area contributed by atoms with Gasteiger partial charge in [0, 0.05) is 38.3 Å². The Morgan fingerprint density at radius 2 is 2.17 bits per heavy atom. The van der Waals surface area contributed by atoms with Gasteiger partial charge < -0.3 is 25.0 Å². The third-order valence-electron chi connectivity index (χ3n) is 4.30. The van der Waals surface area contributed by atoms with Crippen molar-refractivity contribution >= 4 is 11.8 Å². The fourth-order valence-electron chi connectivity index (χ4n) is 2.86. The zero-order valence-electron chi connectivity index (χ0n) is 13.4. The summed E-state index contributed by atoms with van der Waals surface area (Å²) in [6, 6.07) is 2.05. The first-order valence-electron chi connectivity index (χ1n) is 8.04. The first-order chi connectivity index (χ1) is 11.1. The van der Waals surface area contributed by atoms with E-state index in [4.69, 9.17) is 4.74 Å². The van der Waals surface area contributed by atoms with Crippen LogP contribution in [0.5, 0.6) is 5.88 Å². The van der Waals surface area contributed by atoms with Crippen LogP contribution in [0.15, 0.2) is 6.07 Å². The molecule has 2 N–H and O–H groups in total. The van der Waals surface area contributed by atoms with Gasteiger partial charge in [-0.15, -0.1) is 0 Å². The Morgan fingerprint density at radius 3 is 2.83 bits per heavy atom. The standard InChI is InChI=1S/C15H23N5O3/c1-19-5-7-20(8-6-19)12-9-13(18-14(17-12)15(21)22)23-10-11-3-2-4-16-11/h9,11,16H,2-8,10H2,1H3,(H,21,22)/t11-/m0/s1. The molecule has 0 radical (unpaired) electrons. The lowest BCUT2D eigenvalue weighted by Crippen LogP contribution is -2.45. The second kappa shape index (κ2) is 7.10. The molecular weight excluding hydrogens is 298 g/mol. The van der Waals surface area contributed by atoms with Crippen LogP contribution in [0.3, 0.4) is 0 Å². The number of hydrogen-bond acceptors (Lipinski definition) is 7. The van der Waals surface area contributed by atoms with Gasteiger partial charge in [0.05, 0.1) is 0 Å². The molecule has 0 aromatic carbocycles. The molecule has 2 aliphatic heterocycles. The molecule has 0 spiro atoms. The summed E-state index contributed by atoms with van der Waals surface area (Å²) in [4.78, 5) is 23.8. The molecule has 1 aromatic heterocycles. The highest BCUT2D eigenvalue weighted by molar-refractivity contribution is 5.83. The molecule has 1 aromatic rings. The van der Waals surface area contributed by atoms with E-state index < -0.39 is 5.97 Å². The maximum Gasteiger partial charge on any atom is 0.374 e. The molecule has 2 aliphatic rings. The maximum absolute atomic E-state index is 11.3. The van der Waals surface area contributed by atoms with Crippen molar-refractivity contribution in [1.82, 2.24) is 20.2 Å². The number of carbonyl (C=O) groups is 1. The Bertz CT molecular complexity index is 554. The Kier molecular flexibility index (Phi) is 4.92. The fraction of sp³-hybridized carbons (Fsp3) is 0.667. The van der Waals surface area contributed by atoms with E-state index in [9.17, 15) is 9.90 Å². The molecule has 23 heavy (non-hydrogen) atoms. The van der Waals surface area contributed by atoms with Gasteiger partial charge in [0.1, 0.15) is 12.4 Å². The average Bonchev–Trinajstić information content (AvgIpc) is 3.07. The summed E-state index contributed by atoms with van der Waals surface area (Å²) in [7, 11) is 2.07. The quantitative estimate of drug-likeness (QED) is 0.787. The third-order valence-corrected chi connectivity index (χ3v) is 4.30. The van der Waals surface area contributed by atoms with Gasteiger partial charge in [-0.2, -0.15) is 4.98 Å². The van der Waals surface area contributed by atoms with E-state index in [1.165, 1.54) is 0 Å². The molecule has 8 nitrogen and oxygen atoms in total. The van der Waals surface area contributed by atoms with Gasteiger partial charge in [-0.25, -0.2) is 9.78 Å². The van der Waals surface area contributed by atoms with Gasteiger partial charge in [-0.3, -0.25) is 0 Å². The second-order valence-electron chi connectivity index (χ2n) is 6.09. The van der Waals surface area contributed by atoms with Crippen LogP contribution in [-0.4, -0.2) is 78.4 Å². The molecule has 1 atom stereocenters. The predicted molar refractivity (Wildman–Crippen MR) is 85.2 cm³/mol. The number of aromatic nitrogens is 2. The van der Waals surface area contributed by atoms with Crippen LogP contribution in [0.2, 0.25) is 0 Å². The minimum Gasteiger partial charge on any atom is -0.476 e. The molecule has 2 fully saturated rings. The lowest BCUT2D eigenvalue weighted by atomic mass is 10.2. The molecule has 0 aliphatic carbocycles. The maximum atomic E-state index is 11.3. The molecule has 0 amide bonds. The van der Waals surface area contributed by atoms with Crippen molar-refractivity contribution in [2.75, 3.05) is 51.3 Å². The zero-order valence-corrected chi connectivity index (χ0v) is 13.4. The Balaban J connectivity index is 1.74.